The monoisotopic (exact) mass is 373 g/mol. The summed E-state index contributed by atoms with van der Waals surface area (Å²) in [7, 11) is 6.53. The number of methoxy groups -OCH3 is 3. The van der Waals surface area contributed by atoms with Gasteiger partial charge in [0.1, 0.15) is 6.07 Å². The van der Waals surface area contributed by atoms with Crippen molar-refractivity contribution in [2.24, 2.45) is 7.05 Å². The number of rotatable bonds is 5. The van der Waals surface area contributed by atoms with Gasteiger partial charge in [-0.05, 0) is 41.0 Å². The van der Waals surface area contributed by atoms with Crippen molar-refractivity contribution in [3.8, 4) is 29.4 Å². The first-order valence-electron chi connectivity index (χ1n) is 8.47. The second-order valence-electron chi connectivity index (χ2n) is 6.10. The molecule has 0 amide bonds. The molecule has 1 aromatic heterocycles. The highest BCUT2D eigenvalue weighted by Crippen LogP contribution is 2.41. The molecule has 0 atom stereocenters. The van der Waals surface area contributed by atoms with Gasteiger partial charge in [0.05, 0.1) is 33.0 Å². The minimum Gasteiger partial charge on any atom is -0.493 e. The summed E-state index contributed by atoms with van der Waals surface area (Å²) in [5.74, 6) is 1.48. The van der Waals surface area contributed by atoms with Crippen LogP contribution in [0.15, 0.2) is 42.6 Å². The molecule has 0 unspecified atom stereocenters. The van der Waals surface area contributed by atoms with E-state index in [4.69, 9.17) is 14.2 Å². The van der Waals surface area contributed by atoms with E-state index in [0.29, 0.717) is 28.4 Å². The number of aromatic nitrogens is 1. The van der Waals surface area contributed by atoms with Gasteiger partial charge in [-0.3, -0.25) is 0 Å². The normalized spacial score (nSPS) is 11.0. The molecule has 0 spiro atoms. The fourth-order valence-electron chi connectivity index (χ4n) is 3.28. The molecule has 0 radical (unpaired) electrons. The molecule has 0 fully saturated rings. The predicted molar refractivity (Wildman–Crippen MR) is 106 cm³/mol. The molecule has 28 heavy (non-hydrogen) atoms. The summed E-state index contributed by atoms with van der Waals surface area (Å²) >= 11 is 0. The molecule has 0 aliphatic carbocycles. The zero-order valence-electron chi connectivity index (χ0n) is 16.1. The average molecular weight is 373 g/mol. The van der Waals surface area contributed by atoms with E-state index in [9.17, 15) is 10.5 Å². The highest BCUT2D eigenvalue weighted by atomic mass is 16.5. The minimum absolute atomic E-state index is 0.482. The third kappa shape index (κ3) is 3.13. The zero-order chi connectivity index (χ0) is 20.3. The Balaban J connectivity index is 2.24. The van der Waals surface area contributed by atoms with Crippen LogP contribution in [0.3, 0.4) is 0 Å². The van der Waals surface area contributed by atoms with Crippen molar-refractivity contribution in [1.82, 2.24) is 4.57 Å². The second-order valence-corrected chi connectivity index (χ2v) is 6.10. The van der Waals surface area contributed by atoms with E-state index >= 15 is 0 Å². The van der Waals surface area contributed by atoms with Crippen LogP contribution in [0.25, 0.3) is 16.5 Å². The summed E-state index contributed by atoms with van der Waals surface area (Å²) in [6.45, 7) is 0. The molecule has 3 aromatic rings. The lowest BCUT2D eigenvalue weighted by Crippen LogP contribution is -1.98. The van der Waals surface area contributed by atoms with Gasteiger partial charge in [-0.1, -0.05) is 6.07 Å². The topological polar surface area (TPSA) is 80.2 Å². The van der Waals surface area contributed by atoms with Crippen molar-refractivity contribution >= 4 is 16.5 Å². The molecule has 1 heterocycles. The Hall–Kier alpha value is -3.90. The Morgan fingerprint density at radius 3 is 2.18 bits per heavy atom. The smallest absolute Gasteiger partial charge is 0.203 e. The summed E-state index contributed by atoms with van der Waals surface area (Å²) < 4.78 is 18.1. The van der Waals surface area contributed by atoms with Crippen LogP contribution in [0.2, 0.25) is 0 Å². The Morgan fingerprint density at radius 1 is 0.964 bits per heavy atom. The highest BCUT2D eigenvalue weighted by Gasteiger charge is 2.17. The Labute approximate surface area is 163 Å². The number of nitrogens with zero attached hydrogens (tertiary/aromatic N) is 3. The van der Waals surface area contributed by atoms with E-state index in [0.717, 1.165) is 22.0 Å². The number of hydrogen-bond donors (Lipinski definition) is 0. The molecular weight excluding hydrogens is 354 g/mol. The Kier molecular flexibility index (Phi) is 5.24. The van der Waals surface area contributed by atoms with Crippen LogP contribution in [0.5, 0.6) is 17.2 Å². The number of benzene rings is 2. The molecule has 3 rings (SSSR count). The molecule has 0 bridgehead atoms. The van der Waals surface area contributed by atoms with Gasteiger partial charge in [-0.2, -0.15) is 10.5 Å². The number of hydrogen-bond acceptors (Lipinski definition) is 5. The van der Waals surface area contributed by atoms with Crippen molar-refractivity contribution in [2.45, 2.75) is 0 Å². The maximum Gasteiger partial charge on any atom is 0.203 e. The number of allylic oxidation sites excluding steroid dienone is 1. The van der Waals surface area contributed by atoms with E-state index in [-0.39, 0.29) is 0 Å². The van der Waals surface area contributed by atoms with Crippen molar-refractivity contribution in [2.75, 3.05) is 21.3 Å². The predicted octanol–water partition coefficient (Wildman–Crippen LogP) is 4.03. The Bertz CT molecular complexity index is 1140. The number of fused-ring (bicyclic) bond motifs is 1. The summed E-state index contributed by atoms with van der Waals surface area (Å²) in [5.41, 5.74) is 3.77. The van der Waals surface area contributed by atoms with Crippen LogP contribution in [0.1, 0.15) is 16.7 Å². The van der Waals surface area contributed by atoms with E-state index in [1.807, 2.05) is 29.8 Å². The first-order valence-corrected chi connectivity index (χ1v) is 8.47. The third-order valence-electron chi connectivity index (χ3n) is 4.61. The SMILES string of the molecule is COc1cc(C(=CC#N)c2ccc3c(c2)c(C#N)cn3C)cc(OC)c1OC. The molecule has 140 valence electrons. The van der Waals surface area contributed by atoms with Crippen LogP contribution in [0.4, 0.5) is 0 Å². The summed E-state index contributed by atoms with van der Waals surface area (Å²) in [6.07, 6.45) is 3.26. The lowest BCUT2D eigenvalue weighted by molar-refractivity contribution is 0.324. The maximum absolute atomic E-state index is 9.42. The maximum atomic E-state index is 9.42. The lowest BCUT2D eigenvalue weighted by Gasteiger charge is -2.16. The molecule has 0 aliphatic heterocycles. The fourth-order valence-corrected chi connectivity index (χ4v) is 3.28. The van der Waals surface area contributed by atoms with Gasteiger partial charge in [0, 0.05) is 30.2 Å². The lowest BCUT2D eigenvalue weighted by atomic mass is 9.95. The van der Waals surface area contributed by atoms with Gasteiger partial charge in [0.25, 0.3) is 0 Å². The van der Waals surface area contributed by atoms with Gasteiger partial charge in [-0.25, -0.2) is 0 Å². The number of ether oxygens (including phenoxy) is 3. The molecule has 6 heteroatoms. The van der Waals surface area contributed by atoms with E-state index in [1.165, 1.54) is 6.08 Å². The van der Waals surface area contributed by atoms with Crippen LogP contribution in [0, 0.1) is 22.7 Å². The molecule has 2 aromatic carbocycles. The van der Waals surface area contributed by atoms with E-state index in [2.05, 4.69) is 12.1 Å². The van der Waals surface area contributed by atoms with Crippen LogP contribution >= 0.6 is 0 Å². The Morgan fingerprint density at radius 2 is 1.64 bits per heavy atom. The van der Waals surface area contributed by atoms with Gasteiger partial charge in [-0.15, -0.1) is 0 Å². The fraction of sp³-hybridized carbons (Fsp3) is 0.182. The zero-order valence-corrected chi connectivity index (χ0v) is 16.1. The average Bonchev–Trinajstić information content (AvgIpc) is 3.05. The third-order valence-corrected chi connectivity index (χ3v) is 4.61. The van der Waals surface area contributed by atoms with Crippen molar-refractivity contribution in [1.29, 1.82) is 10.5 Å². The molecule has 0 aliphatic rings. The van der Waals surface area contributed by atoms with Crippen LogP contribution < -0.4 is 14.2 Å². The summed E-state index contributed by atoms with van der Waals surface area (Å²) in [6, 6.07) is 13.7. The van der Waals surface area contributed by atoms with E-state index in [1.54, 1.807) is 39.7 Å². The standard InChI is InChI=1S/C22H19N3O3/c1-25-13-16(12-24)18-9-14(5-6-19(18)25)17(7-8-23)15-10-20(26-2)22(28-4)21(11-15)27-3/h5-7,9-11,13H,1-4H3. The molecular formula is C22H19N3O3. The quantitative estimate of drug-likeness (QED) is 0.631. The van der Waals surface area contributed by atoms with Crippen LogP contribution in [-0.4, -0.2) is 25.9 Å². The highest BCUT2D eigenvalue weighted by molar-refractivity contribution is 5.92. The van der Waals surface area contributed by atoms with Crippen LogP contribution in [-0.2, 0) is 7.05 Å². The number of aryl methyl sites for hydroxylation is 1. The molecule has 6 nitrogen and oxygen atoms in total. The van der Waals surface area contributed by atoms with Crippen molar-refractivity contribution in [3.63, 3.8) is 0 Å². The number of nitriles is 2. The van der Waals surface area contributed by atoms with Crippen molar-refractivity contribution < 1.29 is 14.2 Å². The molecule has 0 saturated heterocycles. The second kappa shape index (κ2) is 7.77. The molecule has 0 saturated carbocycles. The van der Waals surface area contributed by atoms with Gasteiger partial charge < -0.3 is 18.8 Å². The van der Waals surface area contributed by atoms with Gasteiger partial charge >= 0.3 is 0 Å². The van der Waals surface area contributed by atoms with E-state index < -0.39 is 0 Å². The van der Waals surface area contributed by atoms with Crippen molar-refractivity contribution in [3.05, 3.63) is 59.3 Å². The summed E-state index contributed by atoms with van der Waals surface area (Å²) in [4.78, 5) is 0. The summed E-state index contributed by atoms with van der Waals surface area (Å²) in [5, 5.41) is 19.6. The first kappa shape index (κ1) is 18.9. The minimum atomic E-state index is 0.482. The molecule has 0 N–H and O–H groups in total. The van der Waals surface area contributed by atoms with Gasteiger partial charge in [0.15, 0.2) is 11.5 Å². The first-order chi connectivity index (χ1) is 13.6. The largest absolute Gasteiger partial charge is 0.493 e. The van der Waals surface area contributed by atoms with Gasteiger partial charge in [0.2, 0.25) is 5.75 Å².